The number of benzene rings is 2. The summed E-state index contributed by atoms with van der Waals surface area (Å²) in [6.45, 7) is 2.80. The van der Waals surface area contributed by atoms with Gasteiger partial charge in [-0.25, -0.2) is 4.39 Å². The molecule has 0 amide bonds. The van der Waals surface area contributed by atoms with Crippen molar-refractivity contribution in [1.82, 2.24) is 0 Å². The van der Waals surface area contributed by atoms with E-state index in [0.29, 0.717) is 24.5 Å². The monoisotopic (exact) mass is 336 g/mol. The molecule has 20 heavy (non-hydrogen) atoms. The first-order valence-electron chi connectivity index (χ1n) is 6.46. The van der Waals surface area contributed by atoms with Crippen molar-refractivity contribution >= 4 is 15.9 Å². The molecule has 0 radical (unpaired) electrons. The Hall–Kier alpha value is -1.55. The van der Waals surface area contributed by atoms with E-state index in [-0.39, 0.29) is 5.82 Å². The van der Waals surface area contributed by atoms with Crippen molar-refractivity contribution in [1.29, 1.82) is 0 Å². The highest BCUT2D eigenvalue weighted by molar-refractivity contribution is 9.10. The second-order valence-electron chi connectivity index (χ2n) is 4.85. The van der Waals surface area contributed by atoms with Gasteiger partial charge in [-0.05, 0) is 36.2 Å². The largest absolute Gasteiger partial charge is 0.493 e. The van der Waals surface area contributed by atoms with E-state index < -0.39 is 0 Å². The molecule has 0 fully saturated rings. The van der Waals surface area contributed by atoms with E-state index >= 15 is 0 Å². The maximum atomic E-state index is 13.5. The van der Waals surface area contributed by atoms with E-state index in [2.05, 4.69) is 22.0 Å². The summed E-state index contributed by atoms with van der Waals surface area (Å²) in [5.41, 5.74) is 2.78. The van der Waals surface area contributed by atoms with Gasteiger partial charge in [-0.15, -0.1) is 0 Å². The average Bonchev–Trinajstić information content (AvgIpc) is 2.88. The molecule has 2 aromatic rings. The molecule has 0 N–H and O–H groups in total. The molecule has 0 spiro atoms. The Balaban J connectivity index is 1.80. The Labute approximate surface area is 125 Å². The van der Waals surface area contributed by atoms with Gasteiger partial charge in [0.1, 0.15) is 23.9 Å². The highest BCUT2D eigenvalue weighted by atomic mass is 79.9. The molecular formula is C16H14BrFO2. The summed E-state index contributed by atoms with van der Waals surface area (Å²) in [7, 11) is 0. The molecule has 104 valence electrons. The van der Waals surface area contributed by atoms with Crippen LogP contribution in [0.15, 0.2) is 34.8 Å². The van der Waals surface area contributed by atoms with Crippen molar-refractivity contribution in [2.75, 3.05) is 6.61 Å². The first-order valence-corrected chi connectivity index (χ1v) is 7.26. The van der Waals surface area contributed by atoms with Gasteiger partial charge in [-0.3, -0.25) is 0 Å². The molecule has 3 rings (SSSR count). The normalized spacial score (nSPS) is 12.9. The Morgan fingerprint density at radius 1 is 1.30 bits per heavy atom. The Morgan fingerprint density at radius 3 is 2.95 bits per heavy atom. The summed E-state index contributed by atoms with van der Waals surface area (Å²) in [6.07, 6.45) is 0.918. The number of halogens is 2. The number of fused-ring (bicyclic) bond motifs is 1. The van der Waals surface area contributed by atoms with Crippen LogP contribution in [0.5, 0.6) is 11.5 Å². The summed E-state index contributed by atoms with van der Waals surface area (Å²) in [5.74, 6) is 1.18. The summed E-state index contributed by atoms with van der Waals surface area (Å²) in [5, 5.41) is 0. The highest BCUT2D eigenvalue weighted by Gasteiger charge is 2.17. The van der Waals surface area contributed by atoms with Crippen LogP contribution in [0.4, 0.5) is 4.39 Å². The molecule has 4 heteroatoms. The van der Waals surface area contributed by atoms with Crippen molar-refractivity contribution < 1.29 is 13.9 Å². The Bertz CT molecular complexity index is 655. The number of hydrogen-bond acceptors (Lipinski definition) is 2. The average molecular weight is 337 g/mol. The van der Waals surface area contributed by atoms with E-state index in [9.17, 15) is 4.39 Å². The lowest BCUT2D eigenvalue weighted by molar-refractivity contribution is 0.290. The Kier molecular flexibility index (Phi) is 3.66. The van der Waals surface area contributed by atoms with Crippen LogP contribution in [0.2, 0.25) is 0 Å². The lowest BCUT2D eigenvalue weighted by Gasteiger charge is -2.11. The molecule has 0 unspecified atom stereocenters. The van der Waals surface area contributed by atoms with E-state index in [1.54, 1.807) is 19.1 Å². The second kappa shape index (κ2) is 5.44. The van der Waals surface area contributed by atoms with E-state index in [1.165, 1.54) is 11.6 Å². The minimum absolute atomic E-state index is 0.252. The van der Waals surface area contributed by atoms with Crippen LogP contribution in [-0.4, -0.2) is 6.61 Å². The van der Waals surface area contributed by atoms with E-state index in [0.717, 1.165) is 22.2 Å². The standard InChI is InChI=1S/C16H14BrFO2/c1-10-2-3-14(8-15(10)18)20-9-12-7-13(17)6-11-4-5-19-16(11)12/h2-3,6-8H,4-5,9H2,1H3. The van der Waals surface area contributed by atoms with Crippen LogP contribution >= 0.6 is 15.9 Å². The van der Waals surface area contributed by atoms with Gasteiger partial charge in [0.15, 0.2) is 0 Å². The van der Waals surface area contributed by atoms with Crippen molar-refractivity contribution in [3.63, 3.8) is 0 Å². The maximum Gasteiger partial charge on any atom is 0.129 e. The zero-order valence-electron chi connectivity index (χ0n) is 11.1. The minimum Gasteiger partial charge on any atom is -0.493 e. The number of aryl methyl sites for hydroxylation is 1. The summed E-state index contributed by atoms with van der Waals surface area (Å²) in [4.78, 5) is 0. The van der Waals surface area contributed by atoms with Crippen LogP contribution in [0, 0.1) is 12.7 Å². The minimum atomic E-state index is -0.252. The molecule has 2 nitrogen and oxygen atoms in total. The molecule has 0 saturated heterocycles. The van der Waals surface area contributed by atoms with Gasteiger partial charge in [-0.2, -0.15) is 0 Å². The third-order valence-corrected chi connectivity index (χ3v) is 3.82. The molecule has 0 aliphatic carbocycles. The predicted molar refractivity (Wildman–Crippen MR) is 78.8 cm³/mol. The smallest absolute Gasteiger partial charge is 0.129 e. The lowest BCUT2D eigenvalue weighted by Crippen LogP contribution is -1.99. The fraction of sp³-hybridized carbons (Fsp3) is 0.250. The van der Waals surface area contributed by atoms with Crippen molar-refractivity contribution in [2.45, 2.75) is 20.0 Å². The van der Waals surface area contributed by atoms with Crippen LogP contribution in [0.3, 0.4) is 0 Å². The topological polar surface area (TPSA) is 18.5 Å². The van der Waals surface area contributed by atoms with Crippen LogP contribution in [0.1, 0.15) is 16.7 Å². The first kappa shape index (κ1) is 13.4. The number of rotatable bonds is 3. The van der Waals surface area contributed by atoms with Gasteiger partial charge in [-0.1, -0.05) is 22.0 Å². The molecule has 0 saturated carbocycles. The number of ether oxygens (including phenoxy) is 2. The van der Waals surface area contributed by atoms with Gasteiger partial charge >= 0.3 is 0 Å². The zero-order chi connectivity index (χ0) is 14.1. The molecular weight excluding hydrogens is 323 g/mol. The van der Waals surface area contributed by atoms with Gasteiger partial charge in [0, 0.05) is 22.5 Å². The maximum absolute atomic E-state index is 13.5. The van der Waals surface area contributed by atoms with Crippen LogP contribution in [-0.2, 0) is 13.0 Å². The van der Waals surface area contributed by atoms with E-state index in [1.807, 2.05) is 6.07 Å². The fourth-order valence-electron chi connectivity index (χ4n) is 2.28. The quantitative estimate of drug-likeness (QED) is 0.826. The van der Waals surface area contributed by atoms with Crippen molar-refractivity contribution in [3.8, 4) is 11.5 Å². The van der Waals surface area contributed by atoms with Crippen molar-refractivity contribution in [2.24, 2.45) is 0 Å². The van der Waals surface area contributed by atoms with Gasteiger partial charge in [0.25, 0.3) is 0 Å². The van der Waals surface area contributed by atoms with Gasteiger partial charge < -0.3 is 9.47 Å². The first-order chi connectivity index (χ1) is 9.63. The SMILES string of the molecule is Cc1ccc(OCc2cc(Br)cc3c2OCC3)cc1F. The molecule has 0 bridgehead atoms. The van der Waals surface area contributed by atoms with Crippen molar-refractivity contribution in [3.05, 3.63) is 57.3 Å². The molecule has 2 aromatic carbocycles. The summed E-state index contributed by atoms with van der Waals surface area (Å²) < 4.78 is 25.8. The lowest BCUT2D eigenvalue weighted by atomic mass is 10.1. The third kappa shape index (κ3) is 2.66. The van der Waals surface area contributed by atoms with Crippen LogP contribution < -0.4 is 9.47 Å². The molecule has 1 heterocycles. The predicted octanol–water partition coefficient (Wildman–Crippen LogP) is 4.41. The summed E-state index contributed by atoms with van der Waals surface area (Å²) >= 11 is 3.49. The second-order valence-corrected chi connectivity index (χ2v) is 5.77. The molecule has 0 aromatic heterocycles. The van der Waals surface area contributed by atoms with E-state index in [4.69, 9.17) is 9.47 Å². The van der Waals surface area contributed by atoms with Gasteiger partial charge in [0.05, 0.1) is 6.61 Å². The Morgan fingerprint density at radius 2 is 2.15 bits per heavy atom. The summed E-state index contributed by atoms with van der Waals surface area (Å²) in [6, 6.07) is 8.95. The zero-order valence-corrected chi connectivity index (χ0v) is 12.7. The third-order valence-electron chi connectivity index (χ3n) is 3.36. The van der Waals surface area contributed by atoms with Crippen LogP contribution in [0.25, 0.3) is 0 Å². The number of hydrogen-bond donors (Lipinski definition) is 0. The highest BCUT2D eigenvalue weighted by Crippen LogP contribution is 2.33. The molecule has 1 aliphatic heterocycles. The van der Waals surface area contributed by atoms with Gasteiger partial charge in [0.2, 0.25) is 0 Å². The molecule has 1 aliphatic rings. The molecule has 0 atom stereocenters. The fourth-order valence-corrected chi connectivity index (χ4v) is 2.83.